The molecule has 0 spiro atoms. The number of aliphatic hydroxyl groups excluding tert-OH is 1. The van der Waals surface area contributed by atoms with Crippen molar-refractivity contribution in [2.45, 2.75) is 26.6 Å². The summed E-state index contributed by atoms with van der Waals surface area (Å²) in [4.78, 5) is 11.1. The van der Waals surface area contributed by atoms with Gasteiger partial charge in [0.05, 0.1) is 13.0 Å². The van der Waals surface area contributed by atoms with Gasteiger partial charge < -0.3 is 14.9 Å². The number of ether oxygens (including phenoxy) is 1. The molecule has 1 atom stereocenters. The molecule has 0 bridgehead atoms. The topological polar surface area (TPSA) is 66.8 Å². The molecular weight excluding hydrogens is 239 g/mol. The third kappa shape index (κ3) is 6.98. The Morgan fingerprint density at radius 1 is 1.33 bits per heavy atom. The molecular formula is C13H19FO4. The zero-order valence-corrected chi connectivity index (χ0v) is 10.8. The van der Waals surface area contributed by atoms with Crippen LogP contribution in [0.3, 0.4) is 0 Å². The predicted octanol–water partition coefficient (Wildman–Crippen LogP) is 1.49. The molecule has 0 aromatic heterocycles. The van der Waals surface area contributed by atoms with Gasteiger partial charge >= 0.3 is 5.97 Å². The number of benzene rings is 1. The minimum atomic E-state index is -1.17. The van der Waals surface area contributed by atoms with Crippen molar-refractivity contribution in [3.8, 4) is 0 Å². The number of hydrogen-bond acceptors (Lipinski definition) is 4. The van der Waals surface area contributed by atoms with Crippen LogP contribution in [0.4, 0.5) is 4.39 Å². The average Bonchev–Trinajstić information content (AvgIpc) is 2.30. The summed E-state index contributed by atoms with van der Waals surface area (Å²) in [6.07, 6.45) is -0.792. The van der Waals surface area contributed by atoms with Crippen molar-refractivity contribution in [2.75, 3.05) is 7.11 Å². The SMILES string of the molecule is CC(O)O.COC(=O)C(C)Cc1ccccc1F. The van der Waals surface area contributed by atoms with Crippen LogP contribution in [0.15, 0.2) is 24.3 Å². The van der Waals surface area contributed by atoms with E-state index in [0.717, 1.165) is 0 Å². The Morgan fingerprint density at radius 2 is 1.83 bits per heavy atom. The van der Waals surface area contributed by atoms with E-state index in [1.54, 1.807) is 25.1 Å². The number of aliphatic hydroxyl groups is 2. The first-order chi connectivity index (χ1) is 8.38. The molecule has 0 aliphatic rings. The Kier molecular flexibility index (Phi) is 7.91. The number of methoxy groups -OCH3 is 1. The van der Waals surface area contributed by atoms with Crippen LogP contribution in [0.2, 0.25) is 0 Å². The Labute approximate surface area is 106 Å². The smallest absolute Gasteiger partial charge is 0.308 e. The van der Waals surface area contributed by atoms with Gasteiger partial charge in [-0.2, -0.15) is 0 Å². The lowest BCUT2D eigenvalue weighted by molar-refractivity contribution is -0.144. The Hall–Kier alpha value is -1.46. The third-order valence-electron chi connectivity index (χ3n) is 2.09. The molecule has 0 saturated heterocycles. The summed E-state index contributed by atoms with van der Waals surface area (Å²) in [5.74, 6) is -0.895. The number of halogens is 1. The van der Waals surface area contributed by atoms with Crippen LogP contribution in [0.1, 0.15) is 19.4 Å². The molecule has 0 saturated carbocycles. The largest absolute Gasteiger partial charge is 0.469 e. The van der Waals surface area contributed by atoms with Crippen molar-refractivity contribution in [3.05, 3.63) is 35.6 Å². The Balaban J connectivity index is 0.000000631. The van der Waals surface area contributed by atoms with E-state index in [2.05, 4.69) is 4.74 Å². The van der Waals surface area contributed by atoms with Crippen molar-refractivity contribution in [2.24, 2.45) is 5.92 Å². The van der Waals surface area contributed by atoms with Gasteiger partial charge in [-0.1, -0.05) is 25.1 Å². The minimum absolute atomic E-state index is 0.275. The highest BCUT2D eigenvalue weighted by Crippen LogP contribution is 2.13. The quantitative estimate of drug-likeness (QED) is 0.637. The van der Waals surface area contributed by atoms with Gasteiger partial charge in [0.25, 0.3) is 0 Å². The summed E-state index contributed by atoms with van der Waals surface area (Å²) < 4.78 is 17.7. The molecule has 0 heterocycles. The van der Waals surface area contributed by atoms with Gasteiger partial charge in [0.1, 0.15) is 12.1 Å². The molecule has 0 amide bonds. The van der Waals surface area contributed by atoms with Gasteiger partial charge in [-0.3, -0.25) is 4.79 Å². The Bertz CT molecular complexity index is 363. The van der Waals surface area contributed by atoms with Crippen LogP contribution in [-0.2, 0) is 16.0 Å². The highest BCUT2D eigenvalue weighted by Gasteiger charge is 2.15. The minimum Gasteiger partial charge on any atom is -0.469 e. The van der Waals surface area contributed by atoms with Gasteiger partial charge in [0.15, 0.2) is 0 Å². The fraction of sp³-hybridized carbons (Fsp3) is 0.462. The molecule has 0 aliphatic heterocycles. The maximum Gasteiger partial charge on any atom is 0.308 e. The molecule has 18 heavy (non-hydrogen) atoms. The predicted molar refractivity (Wildman–Crippen MR) is 65.2 cm³/mol. The van der Waals surface area contributed by atoms with Crippen LogP contribution in [-0.4, -0.2) is 29.6 Å². The second-order valence-corrected chi connectivity index (χ2v) is 3.85. The molecule has 1 unspecified atom stereocenters. The maximum absolute atomic E-state index is 13.2. The summed E-state index contributed by atoms with van der Waals surface area (Å²) in [5.41, 5.74) is 0.547. The summed E-state index contributed by atoms with van der Waals surface area (Å²) >= 11 is 0. The molecule has 4 nitrogen and oxygen atoms in total. The van der Waals surface area contributed by atoms with Crippen molar-refractivity contribution < 1.29 is 24.1 Å². The van der Waals surface area contributed by atoms with Crippen molar-refractivity contribution in [1.82, 2.24) is 0 Å². The number of esters is 1. The zero-order chi connectivity index (χ0) is 14.1. The molecule has 0 fully saturated rings. The second-order valence-electron chi connectivity index (χ2n) is 3.85. The molecule has 0 aliphatic carbocycles. The highest BCUT2D eigenvalue weighted by molar-refractivity contribution is 5.72. The van der Waals surface area contributed by atoms with Crippen LogP contribution in [0.25, 0.3) is 0 Å². The van der Waals surface area contributed by atoms with E-state index < -0.39 is 6.29 Å². The van der Waals surface area contributed by atoms with E-state index in [1.807, 2.05) is 0 Å². The van der Waals surface area contributed by atoms with Gasteiger partial charge in [-0.15, -0.1) is 0 Å². The number of carbonyl (C=O) groups is 1. The van der Waals surface area contributed by atoms with Gasteiger partial charge in [0.2, 0.25) is 0 Å². The first kappa shape index (κ1) is 16.5. The van der Waals surface area contributed by atoms with Crippen LogP contribution >= 0.6 is 0 Å². The molecule has 1 aromatic rings. The van der Waals surface area contributed by atoms with Gasteiger partial charge in [-0.05, 0) is 25.0 Å². The molecule has 1 aromatic carbocycles. The summed E-state index contributed by atoms with van der Waals surface area (Å²) in [7, 11) is 1.33. The lowest BCUT2D eigenvalue weighted by Gasteiger charge is -2.09. The normalized spacial score (nSPS) is 11.5. The molecule has 2 N–H and O–H groups in total. The lowest BCUT2D eigenvalue weighted by Crippen LogP contribution is -2.15. The standard InChI is InChI=1S/C11H13FO2.C2H6O2/c1-8(11(13)14-2)7-9-5-3-4-6-10(9)12;1-2(3)4/h3-6,8H,7H2,1-2H3;2-4H,1H3. The first-order valence-electron chi connectivity index (χ1n) is 5.55. The van der Waals surface area contributed by atoms with Crippen molar-refractivity contribution in [3.63, 3.8) is 0 Å². The fourth-order valence-corrected chi connectivity index (χ4v) is 1.28. The van der Waals surface area contributed by atoms with Crippen molar-refractivity contribution >= 4 is 5.97 Å². The first-order valence-corrected chi connectivity index (χ1v) is 5.55. The lowest BCUT2D eigenvalue weighted by atomic mass is 10.0. The second kappa shape index (κ2) is 8.60. The average molecular weight is 258 g/mol. The summed E-state index contributed by atoms with van der Waals surface area (Å²) in [5, 5.41) is 15.2. The number of hydrogen-bond donors (Lipinski definition) is 2. The zero-order valence-electron chi connectivity index (χ0n) is 10.8. The molecule has 0 radical (unpaired) electrons. The maximum atomic E-state index is 13.2. The summed E-state index contributed by atoms with van der Waals surface area (Å²) in [6.45, 7) is 3.00. The third-order valence-corrected chi connectivity index (χ3v) is 2.09. The van der Waals surface area contributed by atoms with Crippen molar-refractivity contribution in [1.29, 1.82) is 0 Å². The number of carbonyl (C=O) groups excluding carboxylic acids is 1. The van der Waals surface area contributed by atoms with E-state index in [0.29, 0.717) is 12.0 Å². The number of rotatable bonds is 3. The highest BCUT2D eigenvalue weighted by atomic mass is 19.1. The molecule has 5 heteroatoms. The van der Waals surface area contributed by atoms with E-state index in [-0.39, 0.29) is 17.7 Å². The van der Waals surface area contributed by atoms with Gasteiger partial charge in [-0.25, -0.2) is 4.39 Å². The van der Waals surface area contributed by atoms with Crippen LogP contribution < -0.4 is 0 Å². The van der Waals surface area contributed by atoms with E-state index in [1.165, 1.54) is 20.1 Å². The van der Waals surface area contributed by atoms with Gasteiger partial charge in [0, 0.05) is 0 Å². The Morgan fingerprint density at radius 3 is 2.28 bits per heavy atom. The van der Waals surface area contributed by atoms with E-state index >= 15 is 0 Å². The fourth-order valence-electron chi connectivity index (χ4n) is 1.28. The van der Waals surface area contributed by atoms with Crippen LogP contribution in [0, 0.1) is 11.7 Å². The monoisotopic (exact) mass is 258 g/mol. The van der Waals surface area contributed by atoms with E-state index in [9.17, 15) is 9.18 Å². The summed E-state index contributed by atoms with van der Waals surface area (Å²) in [6, 6.07) is 6.44. The molecule has 1 rings (SSSR count). The molecule has 102 valence electrons. The van der Waals surface area contributed by atoms with Crippen LogP contribution in [0.5, 0.6) is 0 Å². The van der Waals surface area contributed by atoms with E-state index in [4.69, 9.17) is 10.2 Å².